The van der Waals surface area contributed by atoms with Gasteiger partial charge in [-0.05, 0) is 63.4 Å². The lowest BCUT2D eigenvalue weighted by molar-refractivity contribution is -0.157. The highest BCUT2D eigenvalue weighted by atomic mass is 35.5. The molecule has 0 heterocycles. The molecule has 29 heavy (non-hydrogen) atoms. The number of halogens is 2. The maximum atomic E-state index is 12.1. The number of aliphatic carboxylic acids is 1. The Kier molecular flexibility index (Phi) is 7.69. The van der Waals surface area contributed by atoms with Crippen LogP contribution in [0.2, 0.25) is 10.0 Å². The zero-order chi connectivity index (χ0) is 21.8. The Morgan fingerprint density at radius 2 is 1.72 bits per heavy atom. The summed E-state index contributed by atoms with van der Waals surface area (Å²) in [4.78, 5) is 23.8. The number of hydrogen-bond donors (Lipinski definition) is 2. The predicted octanol–water partition coefficient (Wildman–Crippen LogP) is 4.98. The molecule has 0 aliphatic carbocycles. The number of carboxylic acid groups (broad SMARTS) is 1. The van der Waals surface area contributed by atoms with Gasteiger partial charge >= 0.3 is 11.9 Å². The first kappa shape index (κ1) is 23.2. The van der Waals surface area contributed by atoms with Gasteiger partial charge in [0.05, 0.1) is 0 Å². The molecule has 0 aliphatic heterocycles. The van der Waals surface area contributed by atoms with Crippen molar-refractivity contribution < 1.29 is 19.4 Å². The van der Waals surface area contributed by atoms with Crippen molar-refractivity contribution in [2.45, 2.75) is 51.8 Å². The first-order chi connectivity index (χ1) is 13.5. The van der Waals surface area contributed by atoms with Gasteiger partial charge in [0.1, 0.15) is 17.7 Å². The van der Waals surface area contributed by atoms with E-state index < -0.39 is 29.6 Å². The van der Waals surface area contributed by atoms with Gasteiger partial charge in [-0.3, -0.25) is 14.9 Å². The standard InChI is InChI=1S/C22H25Cl2NO4/c1-13(21(28)29-22(2,3)4)25-19(20(26)27)11-14-5-7-15(8-6-14)17-12-16(23)9-10-18(17)24/h5-10,12-13,19,25H,11H2,1-4H3,(H,26,27)/t13-,19?/m1/s1. The first-order valence-corrected chi connectivity index (χ1v) is 9.98. The molecule has 0 amide bonds. The quantitative estimate of drug-likeness (QED) is 0.597. The third kappa shape index (κ3) is 7.03. The van der Waals surface area contributed by atoms with E-state index in [1.54, 1.807) is 45.9 Å². The molecule has 2 atom stereocenters. The van der Waals surface area contributed by atoms with E-state index in [0.29, 0.717) is 10.0 Å². The van der Waals surface area contributed by atoms with Crippen molar-refractivity contribution in [2.24, 2.45) is 0 Å². The highest BCUT2D eigenvalue weighted by molar-refractivity contribution is 6.35. The molecule has 0 aliphatic rings. The van der Waals surface area contributed by atoms with E-state index in [9.17, 15) is 14.7 Å². The minimum atomic E-state index is -1.04. The number of ether oxygens (including phenoxy) is 1. The van der Waals surface area contributed by atoms with Crippen LogP contribution in [0.4, 0.5) is 0 Å². The topological polar surface area (TPSA) is 75.6 Å². The molecule has 2 aromatic carbocycles. The molecule has 0 radical (unpaired) electrons. The molecule has 2 N–H and O–H groups in total. The van der Waals surface area contributed by atoms with E-state index in [2.05, 4.69) is 5.32 Å². The molecule has 0 fully saturated rings. The molecule has 0 saturated heterocycles. The zero-order valence-corrected chi connectivity index (χ0v) is 18.3. The van der Waals surface area contributed by atoms with Crippen LogP contribution in [0.5, 0.6) is 0 Å². The highest BCUT2D eigenvalue weighted by Gasteiger charge is 2.27. The molecule has 156 valence electrons. The van der Waals surface area contributed by atoms with Gasteiger partial charge in [0.15, 0.2) is 0 Å². The van der Waals surface area contributed by atoms with Crippen LogP contribution in [-0.4, -0.2) is 34.7 Å². The average Bonchev–Trinajstić information content (AvgIpc) is 2.62. The smallest absolute Gasteiger partial charge is 0.323 e. The molecular weight excluding hydrogens is 413 g/mol. The van der Waals surface area contributed by atoms with Crippen molar-refractivity contribution in [2.75, 3.05) is 0 Å². The van der Waals surface area contributed by atoms with E-state index in [0.717, 1.165) is 16.7 Å². The van der Waals surface area contributed by atoms with E-state index in [1.165, 1.54) is 0 Å². The number of carbonyl (C=O) groups excluding carboxylic acids is 1. The molecule has 5 nitrogen and oxygen atoms in total. The second-order valence-electron chi connectivity index (χ2n) is 7.84. The Hall–Kier alpha value is -2.08. The molecule has 0 saturated carbocycles. The van der Waals surface area contributed by atoms with Crippen LogP contribution in [0.15, 0.2) is 42.5 Å². The molecular formula is C22H25Cl2NO4. The van der Waals surface area contributed by atoms with Crippen LogP contribution < -0.4 is 5.32 Å². The predicted molar refractivity (Wildman–Crippen MR) is 115 cm³/mol. The minimum Gasteiger partial charge on any atom is -0.480 e. The fourth-order valence-corrected chi connectivity index (χ4v) is 3.15. The van der Waals surface area contributed by atoms with Crippen LogP contribution in [0.1, 0.15) is 33.3 Å². The fraction of sp³-hybridized carbons (Fsp3) is 0.364. The van der Waals surface area contributed by atoms with Crippen molar-refractivity contribution >= 4 is 35.1 Å². The highest BCUT2D eigenvalue weighted by Crippen LogP contribution is 2.30. The summed E-state index contributed by atoms with van der Waals surface area (Å²) < 4.78 is 5.30. The summed E-state index contributed by atoms with van der Waals surface area (Å²) in [6, 6.07) is 10.9. The van der Waals surface area contributed by atoms with Gasteiger partial charge in [-0.15, -0.1) is 0 Å². The fourth-order valence-electron chi connectivity index (χ4n) is 2.75. The van der Waals surface area contributed by atoms with E-state index >= 15 is 0 Å². The maximum Gasteiger partial charge on any atom is 0.323 e. The molecule has 2 rings (SSSR count). The second kappa shape index (κ2) is 9.61. The summed E-state index contributed by atoms with van der Waals surface area (Å²) in [7, 11) is 0. The van der Waals surface area contributed by atoms with Gasteiger partial charge in [-0.1, -0.05) is 47.5 Å². The SMILES string of the molecule is C[C@@H](NC(Cc1ccc(-c2cc(Cl)ccc2Cl)cc1)C(=O)O)C(=O)OC(C)(C)C. The van der Waals surface area contributed by atoms with Gasteiger partial charge in [-0.2, -0.15) is 0 Å². The van der Waals surface area contributed by atoms with Gasteiger partial charge in [-0.25, -0.2) is 0 Å². The van der Waals surface area contributed by atoms with Gasteiger partial charge in [0.2, 0.25) is 0 Å². The maximum absolute atomic E-state index is 12.1. The Morgan fingerprint density at radius 3 is 2.28 bits per heavy atom. The number of nitrogens with one attached hydrogen (secondary N) is 1. The van der Waals surface area contributed by atoms with Crippen molar-refractivity contribution in [3.05, 3.63) is 58.1 Å². The summed E-state index contributed by atoms with van der Waals surface area (Å²) in [6.07, 6.45) is 0.214. The third-order valence-corrected chi connectivity index (χ3v) is 4.71. The number of carboxylic acids is 1. The first-order valence-electron chi connectivity index (χ1n) is 9.22. The molecule has 1 unspecified atom stereocenters. The molecule has 7 heteroatoms. The van der Waals surface area contributed by atoms with Crippen LogP contribution in [-0.2, 0) is 20.7 Å². The van der Waals surface area contributed by atoms with E-state index in [4.69, 9.17) is 27.9 Å². The Balaban J connectivity index is 2.10. The molecule has 0 bridgehead atoms. The largest absolute Gasteiger partial charge is 0.480 e. The number of rotatable bonds is 7. The molecule has 0 spiro atoms. The Morgan fingerprint density at radius 1 is 1.10 bits per heavy atom. The number of carbonyl (C=O) groups is 2. The average molecular weight is 438 g/mol. The Bertz CT molecular complexity index is 875. The Labute approximate surface area is 181 Å². The van der Waals surface area contributed by atoms with Crippen LogP contribution in [0, 0.1) is 0 Å². The summed E-state index contributed by atoms with van der Waals surface area (Å²) in [5, 5.41) is 13.6. The van der Waals surface area contributed by atoms with Crippen LogP contribution in [0.3, 0.4) is 0 Å². The second-order valence-corrected chi connectivity index (χ2v) is 8.68. The van der Waals surface area contributed by atoms with Crippen molar-refractivity contribution in [3.8, 4) is 11.1 Å². The van der Waals surface area contributed by atoms with Crippen molar-refractivity contribution in [1.82, 2.24) is 5.32 Å². The summed E-state index contributed by atoms with van der Waals surface area (Å²) in [5.41, 5.74) is 1.85. The zero-order valence-electron chi connectivity index (χ0n) is 16.8. The minimum absolute atomic E-state index is 0.214. The summed E-state index contributed by atoms with van der Waals surface area (Å²) in [5.74, 6) is -1.53. The van der Waals surface area contributed by atoms with Crippen molar-refractivity contribution in [1.29, 1.82) is 0 Å². The lowest BCUT2D eigenvalue weighted by Gasteiger charge is -2.24. The van der Waals surface area contributed by atoms with Gasteiger partial charge in [0, 0.05) is 15.6 Å². The number of benzene rings is 2. The third-order valence-electron chi connectivity index (χ3n) is 4.14. The van der Waals surface area contributed by atoms with Crippen molar-refractivity contribution in [3.63, 3.8) is 0 Å². The number of hydrogen-bond acceptors (Lipinski definition) is 4. The molecule has 0 aromatic heterocycles. The van der Waals surface area contributed by atoms with Crippen LogP contribution in [0.25, 0.3) is 11.1 Å². The van der Waals surface area contributed by atoms with E-state index in [1.807, 2.05) is 24.3 Å². The lowest BCUT2D eigenvalue weighted by atomic mass is 10.00. The molecule has 2 aromatic rings. The van der Waals surface area contributed by atoms with E-state index in [-0.39, 0.29) is 6.42 Å². The normalized spacial score (nSPS) is 13.6. The lowest BCUT2D eigenvalue weighted by Crippen LogP contribution is -2.48. The summed E-state index contributed by atoms with van der Waals surface area (Å²) in [6.45, 7) is 6.88. The number of esters is 1. The monoisotopic (exact) mass is 437 g/mol. The summed E-state index contributed by atoms with van der Waals surface area (Å²) >= 11 is 12.3. The van der Waals surface area contributed by atoms with Gasteiger partial charge in [0.25, 0.3) is 0 Å². The van der Waals surface area contributed by atoms with Gasteiger partial charge < -0.3 is 9.84 Å². The van der Waals surface area contributed by atoms with Crippen LogP contribution >= 0.6 is 23.2 Å².